The Balaban J connectivity index is 1.57. The van der Waals surface area contributed by atoms with Crippen LogP contribution in [0, 0.1) is 12.8 Å². The molecular formula is C24H25N5O4S. The van der Waals surface area contributed by atoms with E-state index in [0.717, 1.165) is 11.1 Å². The van der Waals surface area contributed by atoms with Crippen LogP contribution in [0.3, 0.4) is 0 Å². The molecule has 0 bridgehead atoms. The zero-order valence-electron chi connectivity index (χ0n) is 19.5. The summed E-state index contributed by atoms with van der Waals surface area (Å²) in [6.45, 7) is 5.77. The van der Waals surface area contributed by atoms with E-state index >= 15 is 0 Å². The Kier molecular flexibility index (Phi) is 6.87. The van der Waals surface area contributed by atoms with Gasteiger partial charge in [-0.2, -0.15) is 4.98 Å². The number of amides is 1. The van der Waals surface area contributed by atoms with Gasteiger partial charge in [-0.1, -0.05) is 19.0 Å². The van der Waals surface area contributed by atoms with Crippen LogP contribution in [-0.4, -0.2) is 40.2 Å². The Morgan fingerprint density at radius 3 is 2.56 bits per heavy atom. The van der Waals surface area contributed by atoms with Gasteiger partial charge in [-0.05, 0) is 43.2 Å². The molecule has 3 heterocycles. The number of aryl methyl sites for hydroxylation is 1. The summed E-state index contributed by atoms with van der Waals surface area (Å²) >= 11 is 1.31. The van der Waals surface area contributed by atoms with E-state index < -0.39 is 6.04 Å². The lowest BCUT2D eigenvalue weighted by molar-refractivity contribution is 0.0917. The predicted molar refractivity (Wildman–Crippen MR) is 128 cm³/mol. The van der Waals surface area contributed by atoms with E-state index in [0.29, 0.717) is 38.8 Å². The average Bonchev–Trinajstić information content (AvgIpc) is 3.49. The lowest BCUT2D eigenvalue weighted by Gasteiger charge is -2.18. The quantitative estimate of drug-likeness (QED) is 0.387. The van der Waals surface area contributed by atoms with Crippen molar-refractivity contribution in [3.05, 3.63) is 59.2 Å². The van der Waals surface area contributed by atoms with Crippen LogP contribution in [0.2, 0.25) is 0 Å². The number of nitrogens with one attached hydrogen (secondary N) is 1. The number of rotatable bonds is 8. The smallest absolute Gasteiger partial charge is 0.263 e. The highest BCUT2D eigenvalue weighted by atomic mass is 32.1. The van der Waals surface area contributed by atoms with Crippen molar-refractivity contribution >= 4 is 17.2 Å². The molecule has 0 saturated heterocycles. The fourth-order valence-electron chi connectivity index (χ4n) is 3.39. The molecule has 0 saturated carbocycles. The van der Waals surface area contributed by atoms with Gasteiger partial charge < -0.3 is 19.3 Å². The first-order valence-corrected chi connectivity index (χ1v) is 11.5. The van der Waals surface area contributed by atoms with Gasteiger partial charge >= 0.3 is 0 Å². The molecule has 0 radical (unpaired) electrons. The maximum atomic E-state index is 13.2. The van der Waals surface area contributed by atoms with Crippen LogP contribution >= 0.6 is 11.3 Å². The van der Waals surface area contributed by atoms with Crippen molar-refractivity contribution in [1.29, 1.82) is 0 Å². The average molecular weight is 480 g/mol. The standard InChI is InChI=1S/C24H25N5O4S/c1-13(2)19(23-28-21(29-33-23)16-7-6-10-25-12-16)27-22(30)20-14(3)26-24(34-20)15-8-9-17(31-4)18(11-15)32-5/h6-13,19H,1-5H3,(H,27,30). The lowest BCUT2D eigenvalue weighted by Crippen LogP contribution is -2.32. The summed E-state index contributed by atoms with van der Waals surface area (Å²) in [6.07, 6.45) is 3.34. The number of carbonyl (C=O) groups excluding carboxylic acids is 1. The molecule has 10 heteroatoms. The zero-order chi connectivity index (χ0) is 24.2. The second-order valence-corrected chi connectivity index (χ2v) is 8.90. The molecule has 34 heavy (non-hydrogen) atoms. The van der Waals surface area contributed by atoms with Gasteiger partial charge in [-0.3, -0.25) is 9.78 Å². The highest BCUT2D eigenvalue weighted by molar-refractivity contribution is 7.17. The van der Waals surface area contributed by atoms with Gasteiger partial charge in [-0.25, -0.2) is 4.98 Å². The molecule has 4 aromatic rings. The van der Waals surface area contributed by atoms with Gasteiger partial charge in [0.15, 0.2) is 11.5 Å². The van der Waals surface area contributed by atoms with E-state index in [1.807, 2.05) is 45.0 Å². The van der Waals surface area contributed by atoms with Crippen LogP contribution < -0.4 is 14.8 Å². The van der Waals surface area contributed by atoms with Crippen molar-refractivity contribution in [2.45, 2.75) is 26.8 Å². The predicted octanol–water partition coefficient (Wildman–Crippen LogP) is 4.71. The number of carbonyl (C=O) groups is 1. The molecule has 4 rings (SSSR count). The first kappa shape index (κ1) is 23.4. The number of methoxy groups -OCH3 is 2. The number of nitrogens with zero attached hydrogens (tertiary/aromatic N) is 4. The molecule has 1 unspecified atom stereocenters. The largest absolute Gasteiger partial charge is 0.493 e. The second-order valence-electron chi connectivity index (χ2n) is 7.90. The highest BCUT2D eigenvalue weighted by Gasteiger charge is 2.27. The molecule has 0 fully saturated rings. The Morgan fingerprint density at radius 2 is 1.88 bits per heavy atom. The van der Waals surface area contributed by atoms with E-state index in [4.69, 9.17) is 14.0 Å². The molecule has 1 aromatic carbocycles. The number of hydrogen-bond acceptors (Lipinski definition) is 9. The second kappa shape index (κ2) is 10.0. The molecular weight excluding hydrogens is 454 g/mol. The normalized spacial score (nSPS) is 11.9. The van der Waals surface area contributed by atoms with Crippen molar-refractivity contribution in [3.8, 4) is 33.5 Å². The minimum Gasteiger partial charge on any atom is -0.493 e. The number of benzene rings is 1. The van der Waals surface area contributed by atoms with Gasteiger partial charge in [0.05, 0.1) is 19.9 Å². The first-order valence-electron chi connectivity index (χ1n) is 10.7. The van der Waals surface area contributed by atoms with Crippen LogP contribution in [0.15, 0.2) is 47.2 Å². The lowest BCUT2D eigenvalue weighted by atomic mass is 10.0. The van der Waals surface area contributed by atoms with E-state index in [1.54, 1.807) is 32.7 Å². The van der Waals surface area contributed by atoms with Crippen molar-refractivity contribution in [1.82, 2.24) is 25.4 Å². The summed E-state index contributed by atoms with van der Waals surface area (Å²) in [5, 5.41) is 7.80. The summed E-state index contributed by atoms with van der Waals surface area (Å²) in [5.74, 6) is 1.76. The van der Waals surface area contributed by atoms with Gasteiger partial charge in [0.2, 0.25) is 11.7 Å². The maximum Gasteiger partial charge on any atom is 0.263 e. The van der Waals surface area contributed by atoms with Gasteiger partial charge in [0.1, 0.15) is 15.9 Å². The third kappa shape index (κ3) is 4.76. The van der Waals surface area contributed by atoms with Crippen LogP contribution in [0.5, 0.6) is 11.5 Å². The van der Waals surface area contributed by atoms with E-state index in [1.165, 1.54) is 11.3 Å². The Morgan fingerprint density at radius 1 is 1.09 bits per heavy atom. The summed E-state index contributed by atoms with van der Waals surface area (Å²) in [6, 6.07) is 8.73. The molecule has 3 aromatic heterocycles. The molecule has 0 aliphatic carbocycles. The molecule has 1 N–H and O–H groups in total. The minimum absolute atomic E-state index is 0.0182. The minimum atomic E-state index is -0.462. The summed E-state index contributed by atoms with van der Waals surface area (Å²) < 4.78 is 16.2. The molecule has 0 spiro atoms. The van der Waals surface area contributed by atoms with E-state index in [2.05, 4.69) is 25.4 Å². The topological polar surface area (TPSA) is 112 Å². The zero-order valence-corrected chi connectivity index (χ0v) is 20.3. The third-order valence-corrected chi connectivity index (χ3v) is 6.42. The van der Waals surface area contributed by atoms with Crippen molar-refractivity contribution in [2.75, 3.05) is 14.2 Å². The van der Waals surface area contributed by atoms with Crippen molar-refractivity contribution < 1.29 is 18.8 Å². The fraction of sp³-hybridized carbons (Fsp3) is 0.292. The highest BCUT2D eigenvalue weighted by Crippen LogP contribution is 2.35. The Bertz CT molecular complexity index is 1290. The van der Waals surface area contributed by atoms with Crippen molar-refractivity contribution in [2.24, 2.45) is 5.92 Å². The van der Waals surface area contributed by atoms with Gasteiger partial charge in [-0.15, -0.1) is 11.3 Å². The van der Waals surface area contributed by atoms with E-state index in [-0.39, 0.29) is 11.8 Å². The molecule has 0 aliphatic heterocycles. The summed E-state index contributed by atoms with van der Waals surface area (Å²) in [5.41, 5.74) is 2.21. The maximum absolute atomic E-state index is 13.2. The Labute approximate surface area is 201 Å². The molecule has 1 atom stereocenters. The SMILES string of the molecule is COc1ccc(-c2nc(C)c(C(=O)NC(c3nc(-c4cccnc4)no3)C(C)C)s2)cc1OC. The fourth-order valence-corrected chi connectivity index (χ4v) is 4.36. The number of ether oxygens (including phenoxy) is 2. The monoisotopic (exact) mass is 479 g/mol. The van der Waals surface area contributed by atoms with Gasteiger partial charge in [0, 0.05) is 23.5 Å². The van der Waals surface area contributed by atoms with Crippen LogP contribution in [0.25, 0.3) is 22.0 Å². The van der Waals surface area contributed by atoms with Crippen molar-refractivity contribution in [3.63, 3.8) is 0 Å². The summed E-state index contributed by atoms with van der Waals surface area (Å²) in [4.78, 5) is 26.9. The number of thiazole rings is 1. The third-order valence-electron chi connectivity index (χ3n) is 5.21. The first-order chi connectivity index (χ1) is 16.4. The molecule has 176 valence electrons. The molecule has 0 aliphatic rings. The molecule has 1 amide bonds. The Hall–Kier alpha value is -3.79. The van der Waals surface area contributed by atoms with Crippen LogP contribution in [-0.2, 0) is 0 Å². The number of aromatic nitrogens is 4. The number of hydrogen-bond donors (Lipinski definition) is 1. The van der Waals surface area contributed by atoms with E-state index in [9.17, 15) is 4.79 Å². The summed E-state index contributed by atoms with van der Waals surface area (Å²) in [7, 11) is 3.17. The molecule has 9 nitrogen and oxygen atoms in total. The number of pyridine rings is 1. The van der Waals surface area contributed by atoms with Crippen LogP contribution in [0.4, 0.5) is 0 Å². The van der Waals surface area contributed by atoms with Crippen LogP contribution in [0.1, 0.15) is 41.1 Å². The van der Waals surface area contributed by atoms with Gasteiger partial charge in [0.25, 0.3) is 5.91 Å².